The SMILES string of the molecule is CCc1cccc(CC)c1NC(=O)C(Cl)COCC1C(C)(C)C1(Cl)Cl. The molecule has 0 aromatic heterocycles. The molecule has 0 bridgehead atoms. The number of alkyl halides is 3. The minimum atomic E-state index is -0.771. The van der Waals surface area contributed by atoms with E-state index in [4.69, 9.17) is 39.5 Å². The zero-order chi connectivity index (χ0) is 18.8. The molecule has 1 saturated carbocycles. The molecule has 0 spiro atoms. The summed E-state index contributed by atoms with van der Waals surface area (Å²) in [6.07, 6.45) is 1.69. The summed E-state index contributed by atoms with van der Waals surface area (Å²) in [5.41, 5.74) is 2.89. The molecule has 3 nitrogen and oxygen atoms in total. The van der Waals surface area contributed by atoms with Gasteiger partial charge >= 0.3 is 0 Å². The third-order valence-electron chi connectivity index (χ3n) is 5.16. The Hall–Kier alpha value is -0.480. The molecular weight excluding hydrogens is 381 g/mol. The maximum absolute atomic E-state index is 12.4. The molecule has 0 heterocycles. The molecule has 2 atom stereocenters. The molecule has 1 fully saturated rings. The van der Waals surface area contributed by atoms with E-state index < -0.39 is 9.71 Å². The molecule has 0 radical (unpaired) electrons. The van der Waals surface area contributed by atoms with Gasteiger partial charge in [0.25, 0.3) is 0 Å². The fourth-order valence-electron chi connectivity index (χ4n) is 3.04. The highest BCUT2D eigenvalue weighted by Gasteiger charge is 2.69. The van der Waals surface area contributed by atoms with Gasteiger partial charge in [0.2, 0.25) is 5.91 Å². The summed E-state index contributed by atoms with van der Waals surface area (Å²) in [6.45, 7) is 8.64. The molecule has 2 unspecified atom stereocenters. The van der Waals surface area contributed by atoms with Crippen LogP contribution in [0.1, 0.15) is 38.8 Å². The summed E-state index contributed by atoms with van der Waals surface area (Å²) in [5, 5.41) is 2.20. The first-order chi connectivity index (χ1) is 11.7. The number of rotatable bonds is 8. The van der Waals surface area contributed by atoms with E-state index in [2.05, 4.69) is 19.2 Å². The number of benzene rings is 1. The number of aryl methyl sites for hydroxylation is 2. The lowest BCUT2D eigenvalue weighted by molar-refractivity contribution is -0.116. The zero-order valence-electron chi connectivity index (χ0n) is 15.2. The standard InChI is InChI=1S/C19H26Cl3NO2/c1-5-12-8-7-9-13(6-2)16(12)23-17(24)14(20)10-25-11-15-18(3,4)19(15,21)22/h7-9,14-15H,5-6,10-11H2,1-4H3,(H,23,24). The lowest BCUT2D eigenvalue weighted by Gasteiger charge is -2.16. The Kier molecular flexibility index (Phi) is 6.70. The number of hydrogen-bond donors (Lipinski definition) is 1. The number of ether oxygens (including phenoxy) is 1. The molecule has 140 valence electrons. The highest BCUT2D eigenvalue weighted by atomic mass is 35.5. The molecule has 1 aliphatic carbocycles. The number of carbonyl (C=O) groups excluding carboxylic acids is 1. The molecule has 0 saturated heterocycles. The molecule has 2 rings (SSSR count). The summed E-state index contributed by atoms with van der Waals surface area (Å²) >= 11 is 18.7. The Balaban J connectivity index is 1.89. The number of anilines is 1. The predicted molar refractivity (Wildman–Crippen MR) is 106 cm³/mol. The number of para-hydroxylation sites is 1. The fourth-order valence-corrected chi connectivity index (χ4v) is 4.01. The van der Waals surface area contributed by atoms with E-state index in [-0.39, 0.29) is 23.8 Å². The van der Waals surface area contributed by atoms with Gasteiger partial charge in [-0.15, -0.1) is 34.8 Å². The van der Waals surface area contributed by atoms with Crippen molar-refractivity contribution in [1.82, 2.24) is 0 Å². The second kappa shape index (κ2) is 8.04. The van der Waals surface area contributed by atoms with Crippen molar-refractivity contribution in [3.63, 3.8) is 0 Å². The lowest BCUT2D eigenvalue weighted by Crippen LogP contribution is -2.28. The Labute approximate surface area is 165 Å². The first-order valence-corrected chi connectivity index (χ1v) is 9.87. The van der Waals surface area contributed by atoms with Gasteiger partial charge in [-0.1, -0.05) is 45.9 Å². The maximum atomic E-state index is 12.4. The van der Waals surface area contributed by atoms with Crippen molar-refractivity contribution < 1.29 is 9.53 Å². The van der Waals surface area contributed by atoms with Gasteiger partial charge in [0, 0.05) is 17.0 Å². The van der Waals surface area contributed by atoms with Gasteiger partial charge in [0.15, 0.2) is 0 Å². The Morgan fingerprint density at radius 2 is 1.76 bits per heavy atom. The Morgan fingerprint density at radius 1 is 1.24 bits per heavy atom. The van der Waals surface area contributed by atoms with Gasteiger partial charge in [-0.05, 0) is 24.0 Å². The Bertz CT molecular complexity index is 595. The van der Waals surface area contributed by atoms with E-state index in [0.29, 0.717) is 6.61 Å². The van der Waals surface area contributed by atoms with Gasteiger partial charge in [0.1, 0.15) is 9.71 Å². The second-order valence-corrected chi connectivity index (χ2v) is 8.96. The summed E-state index contributed by atoms with van der Waals surface area (Å²) < 4.78 is 4.83. The third-order valence-corrected chi connectivity index (χ3v) is 6.99. The zero-order valence-corrected chi connectivity index (χ0v) is 17.4. The molecule has 1 aromatic rings. The van der Waals surface area contributed by atoms with Crippen molar-refractivity contribution in [3.8, 4) is 0 Å². The van der Waals surface area contributed by atoms with Gasteiger partial charge in [-0.25, -0.2) is 0 Å². The molecule has 0 aliphatic heterocycles. The van der Waals surface area contributed by atoms with E-state index in [9.17, 15) is 4.79 Å². The average molecular weight is 407 g/mol. The third kappa shape index (κ3) is 4.27. The van der Waals surface area contributed by atoms with Crippen molar-refractivity contribution in [1.29, 1.82) is 0 Å². The molecule has 6 heteroatoms. The first-order valence-electron chi connectivity index (χ1n) is 8.68. The van der Waals surface area contributed by atoms with E-state index in [1.165, 1.54) is 0 Å². The van der Waals surface area contributed by atoms with Gasteiger partial charge in [-0.2, -0.15) is 0 Å². The van der Waals surface area contributed by atoms with Crippen molar-refractivity contribution in [2.24, 2.45) is 11.3 Å². The lowest BCUT2D eigenvalue weighted by atomic mass is 10.0. The van der Waals surface area contributed by atoms with Crippen LogP contribution in [-0.2, 0) is 22.4 Å². The topological polar surface area (TPSA) is 38.3 Å². The molecule has 1 aliphatic rings. The van der Waals surface area contributed by atoms with E-state index in [1.54, 1.807) is 0 Å². The van der Waals surface area contributed by atoms with Crippen LogP contribution >= 0.6 is 34.8 Å². The highest BCUT2D eigenvalue weighted by Crippen LogP contribution is 2.68. The van der Waals surface area contributed by atoms with Crippen molar-refractivity contribution in [2.45, 2.75) is 50.2 Å². The van der Waals surface area contributed by atoms with Crippen LogP contribution in [0.2, 0.25) is 0 Å². The van der Waals surface area contributed by atoms with Gasteiger partial charge in [-0.3, -0.25) is 4.79 Å². The smallest absolute Gasteiger partial charge is 0.244 e. The minimum absolute atomic E-state index is 0.0442. The number of carbonyl (C=O) groups is 1. The van der Waals surface area contributed by atoms with Crippen LogP contribution in [0, 0.1) is 11.3 Å². The normalized spacial score (nSPS) is 21.6. The minimum Gasteiger partial charge on any atom is -0.379 e. The average Bonchev–Trinajstić information content (AvgIpc) is 2.96. The predicted octanol–water partition coefficient (Wildman–Crippen LogP) is 5.20. The summed E-state index contributed by atoms with van der Waals surface area (Å²) in [7, 11) is 0. The fraction of sp³-hybridized carbons (Fsp3) is 0.632. The van der Waals surface area contributed by atoms with E-state index >= 15 is 0 Å². The number of amides is 1. The van der Waals surface area contributed by atoms with Crippen LogP contribution in [0.3, 0.4) is 0 Å². The van der Waals surface area contributed by atoms with Crippen LogP contribution in [0.5, 0.6) is 0 Å². The van der Waals surface area contributed by atoms with Crippen LogP contribution in [0.15, 0.2) is 18.2 Å². The van der Waals surface area contributed by atoms with Gasteiger partial charge < -0.3 is 10.1 Å². The monoisotopic (exact) mass is 405 g/mol. The largest absolute Gasteiger partial charge is 0.379 e. The van der Waals surface area contributed by atoms with Crippen LogP contribution < -0.4 is 5.32 Å². The molecule has 1 aromatic carbocycles. The quantitative estimate of drug-likeness (QED) is 0.602. The molecule has 1 amide bonds. The number of hydrogen-bond acceptors (Lipinski definition) is 2. The summed E-state index contributed by atoms with van der Waals surface area (Å²) in [4.78, 5) is 12.4. The molecule has 25 heavy (non-hydrogen) atoms. The van der Waals surface area contributed by atoms with Crippen molar-refractivity contribution in [2.75, 3.05) is 18.5 Å². The second-order valence-electron chi connectivity index (χ2n) is 7.05. The maximum Gasteiger partial charge on any atom is 0.244 e. The Morgan fingerprint density at radius 3 is 2.20 bits per heavy atom. The van der Waals surface area contributed by atoms with Crippen LogP contribution in [0.4, 0.5) is 5.69 Å². The molecule has 1 N–H and O–H groups in total. The number of nitrogens with one attached hydrogen (secondary N) is 1. The van der Waals surface area contributed by atoms with Crippen LogP contribution in [-0.4, -0.2) is 28.8 Å². The van der Waals surface area contributed by atoms with E-state index in [1.807, 2.05) is 32.0 Å². The summed E-state index contributed by atoms with van der Waals surface area (Å²) in [6, 6.07) is 6.05. The van der Waals surface area contributed by atoms with Crippen molar-refractivity contribution >= 4 is 46.4 Å². The number of halogens is 3. The van der Waals surface area contributed by atoms with E-state index in [0.717, 1.165) is 29.7 Å². The van der Waals surface area contributed by atoms with Crippen LogP contribution in [0.25, 0.3) is 0 Å². The summed E-state index contributed by atoms with van der Waals surface area (Å²) in [5.74, 6) is -0.210. The highest BCUT2D eigenvalue weighted by molar-refractivity contribution is 6.51. The van der Waals surface area contributed by atoms with Crippen molar-refractivity contribution in [3.05, 3.63) is 29.3 Å². The van der Waals surface area contributed by atoms with Gasteiger partial charge in [0.05, 0.1) is 13.2 Å². The molecular formula is C19H26Cl3NO2. The first kappa shape index (κ1) is 20.8.